The Kier molecular flexibility index (Phi) is 4.69. The van der Waals surface area contributed by atoms with Crippen LogP contribution in [0.4, 0.5) is 0 Å². The summed E-state index contributed by atoms with van der Waals surface area (Å²) < 4.78 is 32.1. The van der Waals surface area contributed by atoms with Gasteiger partial charge in [-0.05, 0) is 65.2 Å². The topological polar surface area (TPSA) is 72.5 Å². The summed E-state index contributed by atoms with van der Waals surface area (Å²) in [4.78, 5) is 12.3. The quantitative estimate of drug-likeness (QED) is 0.806. The highest BCUT2D eigenvalue weighted by molar-refractivity contribution is 7.90. The van der Waals surface area contributed by atoms with Crippen molar-refractivity contribution in [1.29, 1.82) is 0 Å². The van der Waals surface area contributed by atoms with Gasteiger partial charge in [0, 0.05) is 6.04 Å². The van der Waals surface area contributed by atoms with Gasteiger partial charge in [-0.3, -0.25) is 4.79 Å². The fourth-order valence-electron chi connectivity index (χ4n) is 3.55. The summed E-state index contributed by atoms with van der Waals surface area (Å²) in [7, 11) is -3.46. The second-order valence-corrected chi connectivity index (χ2v) is 9.68. The molecular weight excluding hydrogens is 290 g/mol. The van der Waals surface area contributed by atoms with E-state index in [1.165, 1.54) is 0 Å². The van der Waals surface area contributed by atoms with E-state index in [0.29, 0.717) is 6.61 Å². The molecule has 6 heteroatoms. The Hall–Kier alpha value is -0.620. The molecule has 3 saturated carbocycles. The number of hydrogen-bond donors (Lipinski definition) is 1. The van der Waals surface area contributed by atoms with Crippen molar-refractivity contribution >= 4 is 16.0 Å². The van der Waals surface area contributed by atoms with Gasteiger partial charge in [0.25, 0.3) is 0 Å². The summed E-state index contributed by atoms with van der Waals surface area (Å²) in [6.45, 7) is 7.15. The summed E-state index contributed by atoms with van der Waals surface area (Å²) in [6.07, 6.45) is 4.00. The van der Waals surface area contributed by atoms with Gasteiger partial charge in [-0.2, -0.15) is 0 Å². The zero-order valence-electron chi connectivity index (χ0n) is 13.4. The Morgan fingerprint density at radius 3 is 2.14 bits per heavy atom. The van der Waals surface area contributed by atoms with E-state index in [-0.39, 0.29) is 29.8 Å². The van der Waals surface area contributed by atoms with E-state index in [9.17, 15) is 13.2 Å². The fraction of sp³-hybridized carbons (Fsp3) is 0.933. The number of carbonyl (C=O) groups is 1. The minimum Gasteiger partial charge on any atom is -0.466 e. The van der Waals surface area contributed by atoms with Crippen LogP contribution in [0.15, 0.2) is 0 Å². The Morgan fingerprint density at radius 1 is 1.14 bits per heavy atom. The molecule has 3 rings (SSSR count). The van der Waals surface area contributed by atoms with Gasteiger partial charge in [-0.15, -0.1) is 0 Å². The van der Waals surface area contributed by atoms with Crippen molar-refractivity contribution in [2.45, 2.75) is 64.2 Å². The molecule has 3 aliphatic carbocycles. The molecule has 1 N–H and O–H groups in total. The van der Waals surface area contributed by atoms with Gasteiger partial charge >= 0.3 is 5.97 Å². The van der Waals surface area contributed by atoms with E-state index >= 15 is 0 Å². The minimum atomic E-state index is -3.46. The lowest BCUT2D eigenvalue weighted by atomic mass is 9.62. The van der Waals surface area contributed by atoms with Crippen LogP contribution in [0.1, 0.15) is 53.4 Å². The first-order chi connectivity index (χ1) is 9.67. The highest BCUT2D eigenvalue weighted by Gasteiger charge is 2.50. The molecule has 0 heterocycles. The number of carbonyl (C=O) groups excluding carboxylic acids is 1. The molecule has 0 aromatic carbocycles. The third-order valence-corrected chi connectivity index (χ3v) is 7.07. The Bertz CT molecular complexity index is 486. The van der Waals surface area contributed by atoms with Crippen LogP contribution in [0.2, 0.25) is 0 Å². The van der Waals surface area contributed by atoms with Crippen LogP contribution in [0.5, 0.6) is 0 Å². The molecular formula is C15H27NO4S. The van der Waals surface area contributed by atoms with Crippen molar-refractivity contribution in [2.24, 2.45) is 17.8 Å². The fourth-order valence-corrected chi connectivity index (χ4v) is 4.60. The van der Waals surface area contributed by atoms with E-state index in [4.69, 9.17) is 4.74 Å². The van der Waals surface area contributed by atoms with Gasteiger partial charge in [-0.25, -0.2) is 13.1 Å². The number of rotatable bonds is 4. The first-order valence-electron chi connectivity index (χ1n) is 7.86. The van der Waals surface area contributed by atoms with Crippen LogP contribution in [-0.4, -0.2) is 31.8 Å². The van der Waals surface area contributed by atoms with Crippen molar-refractivity contribution < 1.29 is 17.9 Å². The third-order valence-electron chi connectivity index (χ3n) is 4.88. The van der Waals surface area contributed by atoms with Crippen molar-refractivity contribution in [3.8, 4) is 0 Å². The van der Waals surface area contributed by atoms with Crippen LogP contribution in [0, 0.1) is 17.8 Å². The molecule has 0 radical (unpaired) electrons. The smallest absolute Gasteiger partial charge is 0.310 e. The van der Waals surface area contributed by atoms with E-state index in [1.54, 1.807) is 27.7 Å². The Morgan fingerprint density at radius 2 is 1.67 bits per heavy atom. The van der Waals surface area contributed by atoms with Crippen molar-refractivity contribution in [1.82, 2.24) is 4.72 Å². The van der Waals surface area contributed by atoms with Gasteiger partial charge < -0.3 is 4.74 Å². The second-order valence-electron chi connectivity index (χ2n) is 7.21. The van der Waals surface area contributed by atoms with Crippen LogP contribution in [-0.2, 0) is 19.6 Å². The zero-order chi connectivity index (χ0) is 15.8. The number of ether oxygens (including phenoxy) is 1. The summed E-state index contributed by atoms with van der Waals surface area (Å²) in [5.41, 5.74) is 0. The maximum Gasteiger partial charge on any atom is 0.310 e. The van der Waals surface area contributed by atoms with E-state index < -0.39 is 14.8 Å². The molecule has 2 bridgehead atoms. The number of hydrogen-bond acceptors (Lipinski definition) is 4. The SMILES string of the molecule is CCOC(=O)[C@@H]1C2CCC(CC2)[C@H]1NS(=O)(=O)C(C)(C)C. The highest BCUT2D eigenvalue weighted by Crippen LogP contribution is 2.46. The van der Waals surface area contributed by atoms with Gasteiger partial charge in [0.2, 0.25) is 10.0 Å². The monoisotopic (exact) mass is 317 g/mol. The summed E-state index contributed by atoms with van der Waals surface area (Å²) >= 11 is 0. The highest BCUT2D eigenvalue weighted by atomic mass is 32.2. The lowest BCUT2D eigenvalue weighted by molar-refractivity contribution is -0.155. The predicted molar refractivity (Wildman–Crippen MR) is 81.2 cm³/mol. The average Bonchev–Trinajstić information content (AvgIpc) is 2.38. The molecule has 0 spiro atoms. The standard InChI is InChI=1S/C15H27NO4S/c1-5-20-14(17)12-10-6-8-11(9-7-10)13(12)16-21(18,19)15(2,3)4/h10-13,16H,5-9H2,1-4H3/t10?,11?,12-,13-/m1/s1. The third kappa shape index (κ3) is 3.26. The van der Waals surface area contributed by atoms with Gasteiger partial charge in [-0.1, -0.05) is 0 Å². The molecule has 0 amide bonds. The van der Waals surface area contributed by atoms with E-state index in [1.807, 2.05) is 0 Å². The predicted octanol–water partition coefficient (Wildman–Crippen LogP) is 2.07. The second kappa shape index (κ2) is 5.88. The van der Waals surface area contributed by atoms with Gasteiger partial charge in [0.1, 0.15) is 0 Å². The van der Waals surface area contributed by atoms with Gasteiger partial charge in [0.15, 0.2) is 0 Å². The first kappa shape index (κ1) is 16.7. The van der Waals surface area contributed by atoms with Crippen LogP contribution in [0.25, 0.3) is 0 Å². The normalized spacial score (nSPS) is 33.0. The zero-order valence-corrected chi connectivity index (χ0v) is 14.2. The van der Waals surface area contributed by atoms with Crippen LogP contribution in [0.3, 0.4) is 0 Å². The molecule has 3 fully saturated rings. The molecule has 21 heavy (non-hydrogen) atoms. The lowest BCUT2D eigenvalue weighted by Gasteiger charge is -2.47. The van der Waals surface area contributed by atoms with Crippen molar-refractivity contribution in [3.63, 3.8) is 0 Å². The molecule has 0 aliphatic heterocycles. The number of sulfonamides is 1. The van der Waals surface area contributed by atoms with Crippen LogP contribution >= 0.6 is 0 Å². The maximum atomic E-state index is 12.5. The summed E-state index contributed by atoms with van der Waals surface area (Å²) in [5.74, 6) is -0.0636. The first-order valence-corrected chi connectivity index (χ1v) is 9.34. The number of nitrogens with one attached hydrogen (secondary N) is 1. The minimum absolute atomic E-state index is 0.242. The largest absolute Gasteiger partial charge is 0.466 e. The molecule has 122 valence electrons. The molecule has 2 atom stereocenters. The molecule has 0 unspecified atom stereocenters. The van der Waals surface area contributed by atoms with E-state index in [2.05, 4.69) is 4.72 Å². The Labute approximate surface area is 127 Å². The molecule has 5 nitrogen and oxygen atoms in total. The average molecular weight is 317 g/mol. The van der Waals surface area contributed by atoms with Crippen LogP contribution < -0.4 is 4.72 Å². The maximum absolute atomic E-state index is 12.5. The molecule has 3 aliphatic rings. The summed E-state index contributed by atoms with van der Waals surface area (Å²) in [6, 6.07) is -0.305. The van der Waals surface area contributed by atoms with Crippen molar-refractivity contribution in [2.75, 3.05) is 6.61 Å². The summed E-state index contributed by atoms with van der Waals surface area (Å²) in [5, 5.41) is 0. The van der Waals surface area contributed by atoms with E-state index in [0.717, 1.165) is 25.7 Å². The number of esters is 1. The molecule has 0 saturated heterocycles. The molecule has 0 aromatic heterocycles. The van der Waals surface area contributed by atoms with Gasteiger partial charge in [0.05, 0.1) is 17.3 Å². The Balaban J connectivity index is 2.24. The molecule has 0 aromatic rings. The lowest BCUT2D eigenvalue weighted by Crippen LogP contribution is -2.58. The number of fused-ring (bicyclic) bond motifs is 3. The van der Waals surface area contributed by atoms with Crippen molar-refractivity contribution in [3.05, 3.63) is 0 Å².